The third-order valence-corrected chi connectivity index (χ3v) is 4.32. The summed E-state index contributed by atoms with van der Waals surface area (Å²) in [6.45, 7) is 2.39. The summed E-state index contributed by atoms with van der Waals surface area (Å²) in [7, 11) is 0. The minimum Gasteiger partial charge on any atom is -0.350 e. The first kappa shape index (κ1) is 16.2. The van der Waals surface area contributed by atoms with Crippen LogP contribution in [-0.2, 0) is 22.6 Å². The van der Waals surface area contributed by atoms with Crippen molar-refractivity contribution in [2.24, 2.45) is 0 Å². The lowest BCUT2D eigenvalue weighted by Gasteiger charge is -2.35. The highest BCUT2D eigenvalue weighted by Gasteiger charge is 2.35. The molecule has 0 saturated heterocycles. The summed E-state index contributed by atoms with van der Waals surface area (Å²) in [5.74, 6) is -0.715. The number of halogens is 1. The molecule has 0 aliphatic carbocycles. The molecule has 0 fully saturated rings. The maximum atomic E-state index is 13.7. The van der Waals surface area contributed by atoms with E-state index in [1.807, 2.05) is 31.2 Å². The van der Waals surface area contributed by atoms with Gasteiger partial charge in [-0.2, -0.15) is 0 Å². The first-order valence-electron chi connectivity index (χ1n) is 8.00. The molecule has 1 N–H and O–H groups in total. The molecular weight excluding hydrogens is 307 g/mol. The fourth-order valence-corrected chi connectivity index (χ4v) is 3.10. The van der Waals surface area contributed by atoms with Gasteiger partial charge in [0.2, 0.25) is 11.8 Å². The maximum Gasteiger partial charge on any atom is 0.247 e. The van der Waals surface area contributed by atoms with Crippen LogP contribution < -0.4 is 5.32 Å². The number of hydrogen-bond acceptors (Lipinski definition) is 2. The molecule has 0 aromatic heterocycles. The second kappa shape index (κ2) is 6.83. The number of nitrogens with one attached hydrogen (secondary N) is 1. The summed E-state index contributed by atoms with van der Waals surface area (Å²) >= 11 is 0. The van der Waals surface area contributed by atoms with Crippen molar-refractivity contribution in [3.05, 3.63) is 71.0 Å². The SMILES string of the molecule is CCN1C(=O)Cc2ccccc2C1C(=O)NCc1ccccc1F. The summed E-state index contributed by atoms with van der Waals surface area (Å²) in [5, 5.41) is 2.76. The van der Waals surface area contributed by atoms with E-state index >= 15 is 0 Å². The number of amides is 2. The van der Waals surface area contributed by atoms with Gasteiger partial charge in [0.15, 0.2) is 0 Å². The standard InChI is InChI=1S/C19H19FN2O2/c1-2-22-17(23)11-13-7-3-5-9-15(13)18(22)19(24)21-12-14-8-4-6-10-16(14)20/h3-10,18H,2,11-12H2,1H3,(H,21,24). The topological polar surface area (TPSA) is 49.4 Å². The zero-order valence-corrected chi connectivity index (χ0v) is 13.5. The monoisotopic (exact) mass is 326 g/mol. The van der Waals surface area contributed by atoms with Crippen molar-refractivity contribution in [2.45, 2.75) is 25.9 Å². The zero-order valence-electron chi connectivity index (χ0n) is 13.5. The van der Waals surface area contributed by atoms with E-state index in [9.17, 15) is 14.0 Å². The molecule has 2 amide bonds. The number of benzene rings is 2. The molecule has 0 saturated carbocycles. The molecule has 4 nitrogen and oxygen atoms in total. The minimum atomic E-state index is -0.667. The Morgan fingerprint density at radius 2 is 1.92 bits per heavy atom. The van der Waals surface area contributed by atoms with Crippen LogP contribution in [0.1, 0.15) is 29.7 Å². The fraction of sp³-hybridized carbons (Fsp3) is 0.263. The molecule has 2 aromatic rings. The summed E-state index contributed by atoms with van der Waals surface area (Å²) < 4.78 is 13.7. The Morgan fingerprint density at radius 1 is 1.21 bits per heavy atom. The van der Waals surface area contributed by atoms with Gasteiger partial charge in [0.25, 0.3) is 0 Å². The Kier molecular flexibility index (Phi) is 4.60. The number of carbonyl (C=O) groups is 2. The average molecular weight is 326 g/mol. The van der Waals surface area contributed by atoms with E-state index in [4.69, 9.17) is 0 Å². The number of rotatable bonds is 4. The van der Waals surface area contributed by atoms with Crippen molar-refractivity contribution in [1.29, 1.82) is 0 Å². The van der Waals surface area contributed by atoms with Gasteiger partial charge in [-0.05, 0) is 24.1 Å². The predicted octanol–water partition coefficient (Wildman–Crippen LogP) is 2.59. The third-order valence-electron chi connectivity index (χ3n) is 4.32. The van der Waals surface area contributed by atoms with Crippen molar-refractivity contribution in [3.63, 3.8) is 0 Å². The molecule has 0 spiro atoms. The Labute approximate surface area is 140 Å². The van der Waals surface area contributed by atoms with Crippen molar-refractivity contribution in [1.82, 2.24) is 10.2 Å². The van der Waals surface area contributed by atoms with Crippen LogP contribution in [0.25, 0.3) is 0 Å². The van der Waals surface area contributed by atoms with E-state index < -0.39 is 6.04 Å². The lowest BCUT2D eigenvalue weighted by atomic mass is 9.91. The quantitative estimate of drug-likeness (QED) is 0.939. The number of hydrogen-bond donors (Lipinski definition) is 1. The fourth-order valence-electron chi connectivity index (χ4n) is 3.10. The Balaban J connectivity index is 1.84. The van der Waals surface area contributed by atoms with Crippen molar-refractivity contribution in [3.8, 4) is 0 Å². The molecule has 2 aromatic carbocycles. The number of likely N-dealkylation sites (N-methyl/N-ethyl adjacent to an activating group) is 1. The molecule has 1 aliphatic heterocycles. The largest absolute Gasteiger partial charge is 0.350 e. The lowest BCUT2D eigenvalue weighted by molar-refractivity contribution is -0.141. The highest BCUT2D eigenvalue weighted by molar-refractivity contribution is 5.92. The van der Waals surface area contributed by atoms with Crippen LogP contribution in [0.3, 0.4) is 0 Å². The van der Waals surface area contributed by atoms with E-state index in [1.165, 1.54) is 6.07 Å². The summed E-state index contributed by atoms with van der Waals surface area (Å²) in [5.41, 5.74) is 2.13. The van der Waals surface area contributed by atoms with Gasteiger partial charge in [0.05, 0.1) is 6.42 Å². The molecule has 124 valence electrons. The summed E-state index contributed by atoms with van der Waals surface area (Å²) in [6, 6.07) is 13.1. The Hall–Kier alpha value is -2.69. The van der Waals surface area contributed by atoms with Crippen molar-refractivity contribution >= 4 is 11.8 Å². The second-order valence-corrected chi connectivity index (χ2v) is 5.77. The predicted molar refractivity (Wildman–Crippen MR) is 88.5 cm³/mol. The van der Waals surface area contributed by atoms with Gasteiger partial charge in [-0.3, -0.25) is 9.59 Å². The van der Waals surface area contributed by atoms with Crippen molar-refractivity contribution < 1.29 is 14.0 Å². The van der Waals surface area contributed by atoms with Crippen LogP contribution in [0, 0.1) is 5.82 Å². The lowest BCUT2D eigenvalue weighted by Crippen LogP contribution is -2.47. The van der Waals surface area contributed by atoms with Gasteiger partial charge in [0, 0.05) is 18.7 Å². The molecule has 1 aliphatic rings. The average Bonchev–Trinajstić information content (AvgIpc) is 2.59. The van der Waals surface area contributed by atoms with E-state index in [-0.39, 0.29) is 24.2 Å². The van der Waals surface area contributed by atoms with Gasteiger partial charge in [-0.25, -0.2) is 4.39 Å². The molecule has 1 heterocycles. The van der Waals surface area contributed by atoms with Gasteiger partial charge in [-0.15, -0.1) is 0 Å². The molecule has 1 unspecified atom stereocenters. The highest BCUT2D eigenvalue weighted by Crippen LogP contribution is 2.30. The van der Waals surface area contributed by atoms with Crippen LogP contribution in [0.15, 0.2) is 48.5 Å². The minimum absolute atomic E-state index is 0.0674. The van der Waals surface area contributed by atoms with E-state index in [0.717, 1.165) is 11.1 Å². The van der Waals surface area contributed by atoms with Gasteiger partial charge in [0.1, 0.15) is 11.9 Å². The zero-order chi connectivity index (χ0) is 17.1. The molecule has 0 radical (unpaired) electrons. The maximum absolute atomic E-state index is 13.7. The molecule has 0 bridgehead atoms. The summed E-state index contributed by atoms with van der Waals surface area (Å²) in [6.07, 6.45) is 0.307. The molecular formula is C19H19FN2O2. The number of fused-ring (bicyclic) bond motifs is 1. The van der Waals surface area contributed by atoms with Crippen LogP contribution in [-0.4, -0.2) is 23.3 Å². The second-order valence-electron chi connectivity index (χ2n) is 5.77. The van der Waals surface area contributed by atoms with Gasteiger partial charge < -0.3 is 10.2 Å². The summed E-state index contributed by atoms with van der Waals surface area (Å²) in [4.78, 5) is 26.6. The molecule has 1 atom stereocenters. The van der Waals surface area contributed by atoms with E-state index in [1.54, 1.807) is 23.1 Å². The first-order valence-corrected chi connectivity index (χ1v) is 8.00. The van der Waals surface area contributed by atoms with Crippen LogP contribution in [0.4, 0.5) is 4.39 Å². The van der Waals surface area contributed by atoms with E-state index in [0.29, 0.717) is 18.5 Å². The number of carbonyl (C=O) groups excluding carboxylic acids is 2. The first-order chi connectivity index (χ1) is 11.6. The highest BCUT2D eigenvalue weighted by atomic mass is 19.1. The third kappa shape index (κ3) is 3.02. The van der Waals surface area contributed by atoms with Gasteiger partial charge >= 0.3 is 0 Å². The van der Waals surface area contributed by atoms with Crippen LogP contribution >= 0.6 is 0 Å². The van der Waals surface area contributed by atoms with Crippen LogP contribution in [0.5, 0.6) is 0 Å². The van der Waals surface area contributed by atoms with Crippen molar-refractivity contribution in [2.75, 3.05) is 6.54 Å². The van der Waals surface area contributed by atoms with E-state index in [2.05, 4.69) is 5.32 Å². The molecule has 5 heteroatoms. The Bertz CT molecular complexity index is 775. The smallest absolute Gasteiger partial charge is 0.247 e. The molecule has 24 heavy (non-hydrogen) atoms. The van der Waals surface area contributed by atoms with Crippen LogP contribution in [0.2, 0.25) is 0 Å². The van der Waals surface area contributed by atoms with Gasteiger partial charge in [-0.1, -0.05) is 42.5 Å². The Morgan fingerprint density at radius 3 is 2.67 bits per heavy atom. The normalized spacial score (nSPS) is 16.7. The molecule has 3 rings (SSSR count). The number of nitrogens with zero attached hydrogens (tertiary/aromatic N) is 1.